The monoisotopic (exact) mass is 236 g/mol. The van der Waals surface area contributed by atoms with Crippen LogP contribution in [0, 0.1) is 5.41 Å². The normalized spacial score (nSPS) is 22.6. The Balaban J connectivity index is 1.99. The van der Waals surface area contributed by atoms with Crippen LogP contribution >= 0.6 is 0 Å². The first-order valence-electron chi connectivity index (χ1n) is 6.05. The fourth-order valence-electron chi connectivity index (χ4n) is 2.48. The minimum absolute atomic E-state index is 0.135. The van der Waals surface area contributed by atoms with Crippen molar-refractivity contribution < 1.29 is 4.79 Å². The Morgan fingerprint density at radius 2 is 2.47 bits per heavy atom. The first kappa shape index (κ1) is 12.0. The molecule has 94 valence electrons. The van der Waals surface area contributed by atoms with E-state index in [1.807, 2.05) is 6.20 Å². The summed E-state index contributed by atoms with van der Waals surface area (Å²) in [5.74, 6) is -0.374. The standard InChI is InChI=1S/C12H20N4O/c1-12(2)5-3-4-10(12)15-9-6-14-16(7-9)8-11(13)17/h6-7,10,15H,3-5,8H2,1-2H3,(H2,13,17). The van der Waals surface area contributed by atoms with E-state index in [1.165, 1.54) is 19.3 Å². The average Bonchev–Trinajstić information content (AvgIpc) is 2.75. The van der Waals surface area contributed by atoms with Crippen LogP contribution in [0.5, 0.6) is 0 Å². The van der Waals surface area contributed by atoms with Gasteiger partial charge in [0.2, 0.25) is 5.91 Å². The number of nitrogens with one attached hydrogen (secondary N) is 1. The molecule has 5 nitrogen and oxygen atoms in total. The molecule has 17 heavy (non-hydrogen) atoms. The van der Waals surface area contributed by atoms with Gasteiger partial charge in [-0.1, -0.05) is 20.3 Å². The number of anilines is 1. The second kappa shape index (κ2) is 4.39. The summed E-state index contributed by atoms with van der Waals surface area (Å²) in [6, 6.07) is 0.480. The Morgan fingerprint density at radius 1 is 1.71 bits per heavy atom. The van der Waals surface area contributed by atoms with Crippen molar-refractivity contribution in [3.05, 3.63) is 12.4 Å². The van der Waals surface area contributed by atoms with E-state index in [2.05, 4.69) is 24.3 Å². The van der Waals surface area contributed by atoms with Gasteiger partial charge in [0.15, 0.2) is 0 Å². The van der Waals surface area contributed by atoms with Crippen molar-refractivity contribution in [1.82, 2.24) is 9.78 Å². The largest absolute Gasteiger partial charge is 0.379 e. The molecule has 1 aromatic rings. The van der Waals surface area contributed by atoms with Gasteiger partial charge in [-0.05, 0) is 18.3 Å². The topological polar surface area (TPSA) is 72.9 Å². The third-order valence-corrected chi connectivity index (χ3v) is 3.55. The number of rotatable bonds is 4. The van der Waals surface area contributed by atoms with Crippen molar-refractivity contribution in [3.63, 3.8) is 0 Å². The Bertz CT molecular complexity index is 410. The van der Waals surface area contributed by atoms with Crippen molar-refractivity contribution >= 4 is 11.6 Å². The molecule has 1 unspecified atom stereocenters. The predicted molar refractivity (Wildman–Crippen MR) is 66.5 cm³/mol. The highest BCUT2D eigenvalue weighted by Crippen LogP contribution is 2.38. The Labute approximate surface area is 101 Å². The molecule has 1 aliphatic carbocycles. The molecule has 0 aliphatic heterocycles. The zero-order valence-corrected chi connectivity index (χ0v) is 10.4. The molecule has 5 heteroatoms. The molecule has 1 heterocycles. The lowest BCUT2D eigenvalue weighted by Gasteiger charge is -2.28. The molecule has 1 saturated carbocycles. The molecule has 0 bridgehead atoms. The molecule has 0 saturated heterocycles. The Kier molecular flexibility index (Phi) is 3.09. The van der Waals surface area contributed by atoms with E-state index in [0.29, 0.717) is 11.5 Å². The van der Waals surface area contributed by atoms with Crippen molar-refractivity contribution in [2.75, 3.05) is 5.32 Å². The molecule has 1 atom stereocenters. The number of carbonyl (C=O) groups excluding carboxylic acids is 1. The summed E-state index contributed by atoms with van der Waals surface area (Å²) in [4.78, 5) is 10.8. The van der Waals surface area contributed by atoms with Gasteiger partial charge in [0.05, 0.1) is 11.9 Å². The fourth-order valence-corrected chi connectivity index (χ4v) is 2.48. The highest BCUT2D eigenvalue weighted by atomic mass is 16.1. The molecular formula is C12H20N4O. The minimum atomic E-state index is -0.374. The smallest absolute Gasteiger partial charge is 0.239 e. The summed E-state index contributed by atoms with van der Waals surface area (Å²) < 4.78 is 1.56. The van der Waals surface area contributed by atoms with Gasteiger partial charge in [0, 0.05) is 12.2 Å². The molecule has 2 rings (SSSR count). The number of hydrogen-bond acceptors (Lipinski definition) is 3. The highest BCUT2D eigenvalue weighted by molar-refractivity contribution is 5.73. The van der Waals surface area contributed by atoms with E-state index in [0.717, 1.165) is 5.69 Å². The number of nitrogens with two attached hydrogens (primary N) is 1. The molecule has 0 spiro atoms. The van der Waals surface area contributed by atoms with E-state index in [4.69, 9.17) is 5.73 Å². The van der Waals surface area contributed by atoms with Crippen LogP contribution in [0.3, 0.4) is 0 Å². The van der Waals surface area contributed by atoms with Crippen LogP contribution in [-0.2, 0) is 11.3 Å². The van der Waals surface area contributed by atoms with Gasteiger partial charge < -0.3 is 11.1 Å². The van der Waals surface area contributed by atoms with Gasteiger partial charge in [-0.3, -0.25) is 9.48 Å². The van der Waals surface area contributed by atoms with Crippen LogP contribution in [0.2, 0.25) is 0 Å². The third-order valence-electron chi connectivity index (χ3n) is 3.55. The zero-order valence-electron chi connectivity index (χ0n) is 10.4. The predicted octanol–water partition coefficient (Wildman–Crippen LogP) is 1.36. The summed E-state index contributed by atoms with van der Waals surface area (Å²) in [7, 11) is 0. The summed E-state index contributed by atoms with van der Waals surface area (Å²) in [5, 5.41) is 7.59. The number of carbonyl (C=O) groups is 1. The molecule has 1 fully saturated rings. The van der Waals surface area contributed by atoms with Crippen molar-refractivity contribution in [2.45, 2.75) is 45.7 Å². The molecule has 1 amide bonds. The van der Waals surface area contributed by atoms with E-state index in [-0.39, 0.29) is 12.5 Å². The lowest BCUT2D eigenvalue weighted by molar-refractivity contribution is -0.118. The maximum Gasteiger partial charge on any atom is 0.239 e. The average molecular weight is 236 g/mol. The van der Waals surface area contributed by atoms with Gasteiger partial charge in [0.1, 0.15) is 6.54 Å². The summed E-state index contributed by atoms with van der Waals surface area (Å²) in [6.07, 6.45) is 7.28. The van der Waals surface area contributed by atoms with Crippen molar-refractivity contribution in [2.24, 2.45) is 11.1 Å². The molecule has 3 N–H and O–H groups in total. The van der Waals surface area contributed by atoms with Gasteiger partial charge in [-0.25, -0.2) is 0 Å². The summed E-state index contributed by atoms with van der Waals surface area (Å²) in [5.41, 5.74) is 6.41. The first-order chi connectivity index (χ1) is 7.97. The van der Waals surface area contributed by atoms with Crippen LogP contribution in [-0.4, -0.2) is 21.7 Å². The van der Waals surface area contributed by atoms with Gasteiger partial charge in [0.25, 0.3) is 0 Å². The number of nitrogens with zero attached hydrogens (tertiary/aromatic N) is 2. The summed E-state index contributed by atoms with van der Waals surface area (Å²) >= 11 is 0. The van der Waals surface area contributed by atoms with E-state index in [1.54, 1.807) is 10.9 Å². The second-order valence-corrected chi connectivity index (χ2v) is 5.47. The lowest BCUT2D eigenvalue weighted by atomic mass is 9.87. The van der Waals surface area contributed by atoms with Crippen LogP contribution in [0.4, 0.5) is 5.69 Å². The van der Waals surface area contributed by atoms with E-state index >= 15 is 0 Å². The Hall–Kier alpha value is -1.52. The number of primary amides is 1. The third kappa shape index (κ3) is 2.78. The zero-order chi connectivity index (χ0) is 12.5. The van der Waals surface area contributed by atoms with Gasteiger partial charge in [-0.15, -0.1) is 0 Å². The van der Waals surface area contributed by atoms with Crippen LogP contribution in [0.15, 0.2) is 12.4 Å². The fraction of sp³-hybridized carbons (Fsp3) is 0.667. The number of aromatic nitrogens is 2. The molecule has 1 aromatic heterocycles. The summed E-state index contributed by atoms with van der Waals surface area (Å²) in [6.45, 7) is 4.70. The minimum Gasteiger partial charge on any atom is -0.379 e. The molecule has 1 aliphatic rings. The number of hydrogen-bond donors (Lipinski definition) is 2. The molecule has 0 radical (unpaired) electrons. The number of amides is 1. The maximum absolute atomic E-state index is 10.8. The van der Waals surface area contributed by atoms with Gasteiger partial charge in [-0.2, -0.15) is 5.10 Å². The lowest BCUT2D eigenvalue weighted by Crippen LogP contribution is -2.30. The second-order valence-electron chi connectivity index (χ2n) is 5.47. The van der Waals surface area contributed by atoms with E-state index in [9.17, 15) is 4.79 Å². The van der Waals surface area contributed by atoms with Crippen LogP contribution in [0.25, 0.3) is 0 Å². The van der Waals surface area contributed by atoms with Crippen LogP contribution in [0.1, 0.15) is 33.1 Å². The van der Waals surface area contributed by atoms with Crippen molar-refractivity contribution in [3.8, 4) is 0 Å². The first-order valence-corrected chi connectivity index (χ1v) is 6.05. The molecule has 0 aromatic carbocycles. The SMILES string of the molecule is CC1(C)CCCC1Nc1cnn(CC(N)=O)c1. The maximum atomic E-state index is 10.8. The highest BCUT2D eigenvalue weighted by Gasteiger charge is 2.34. The van der Waals surface area contributed by atoms with Crippen molar-refractivity contribution in [1.29, 1.82) is 0 Å². The van der Waals surface area contributed by atoms with Gasteiger partial charge >= 0.3 is 0 Å². The Morgan fingerprint density at radius 3 is 3.06 bits per heavy atom. The quantitative estimate of drug-likeness (QED) is 0.829. The molecular weight excluding hydrogens is 216 g/mol. The van der Waals surface area contributed by atoms with Crippen LogP contribution < -0.4 is 11.1 Å². The van der Waals surface area contributed by atoms with E-state index < -0.39 is 0 Å².